The number of hydrogen-bond acceptors (Lipinski definition) is 3. The molecule has 0 spiro atoms. The van der Waals surface area contributed by atoms with Crippen molar-refractivity contribution in [2.75, 3.05) is 6.54 Å². The van der Waals surface area contributed by atoms with Gasteiger partial charge in [-0.1, -0.05) is 6.92 Å². The van der Waals surface area contributed by atoms with Crippen LogP contribution in [0, 0.1) is 0 Å². The third-order valence-corrected chi connectivity index (χ3v) is 2.71. The van der Waals surface area contributed by atoms with Gasteiger partial charge in [-0.2, -0.15) is 13.2 Å². The van der Waals surface area contributed by atoms with Gasteiger partial charge in [0.15, 0.2) is 0 Å². The van der Waals surface area contributed by atoms with Crippen LogP contribution in [0.4, 0.5) is 13.2 Å². The Balaban J connectivity index is 2.69. The Hall–Kier alpha value is -1.63. The van der Waals surface area contributed by atoms with Gasteiger partial charge in [0.05, 0.1) is 11.2 Å². The Kier molecular flexibility index (Phi) is 4.52. The minimum absolute atomic E-state index is 0.00500. The predicted octanol–water partition coefficient (Wildman–Crippen LogP) is 1.99. The fourth-order valence-electron chi connectivity index (χ4n) is 1.18. The SMILES string of the molecule is CCC(C)(O)CNC(=O)c1ccc(C(F)(F)F)cn1. The highest BCUT2D eigenvalue weighted by molar-refractivity contribution is 5.92. The zero-order valence-electron chi connectivity index (χ0n) is 10.6. The second-order valence-corrected chi connectivity index (χ2v) is 4.46. The molecule has 1 aromatic heterocycles. The van der Waals surface area contributed by atoms with E-state index in [0.29, 0.717) is 12.6 Å². The highest BCUT2D eigenvalue weighted by Crippen LogP contribution is 2.28. The molecule has 1 atom stereocenters. The Bertz CT molecular complexity index is 441. The summed E-state index contributed by atoms with van der Waals surface area (Å²) in [4.78, 5) is 15.1. The number of alkyl halides is 3. The Labute approximate surface area is 108 Å². The molecule has 0 aliphatic rings. The van der Waals surface area contributed by atoms with Gasteiger partial charge in [0.2, 0.25) is 0 Å². The first kappa shape index (κ1) is 15.4. The van der Waals surface area contributed by atoms with E-state index in [1.54, 1.807) is 13.8 Å². The van der Waals surface area contributed by atoms with Crippen molar-refractivity contribution >= 4 is 5.91 Å². The number of rotatable bonds is 4. The molecule has 19 heavy (non-hydrogen) atoms. The number of amides is 1. The zero-order chi connectivity index (χ0) is 14.7. The number of carbonyl (C=O) groups excluding carboxylic acids is 1. The van der Waals surface area contributed by atoms with Crippen molar-refractivity contribution < 1.29 is 23.1 Å². The fraction of sp³-hybridized carbons (Fsp3) is 0.500. The number of nitrogens with one attached hydrogen (secondary N) is 1. The number of halogens is 3. The number of aromatic nitrogens is 1. The number of carbonyl (C=O) groups is 1. The van der Waals surface area contributed by atoms with E-state index in [9.17, 15) is 23.1 Å². The van der Waals surface area contributed by atoms with Crippen LogP contribution in [0.1, 0.15) is 36.3 Å². The lowest BCUT2D eigenvalue weighted by Crippen LogP contribution is -2.40. The molecule has 0 bridgehead atoms. The van der Waals surface area contributed by atoms with Crippen molar-refractivity contribution in [2.45, 2.75) is 32.0 Å². The molecule has 0 saturated carbocycles. The van der Waals surface area contributed by atoms with E-state index in [1.807, 2.05) is 0 Å². The summed E-state index contributed by atoms with van der Waals surface area (Å²) in [5.41, 5.74) is -2.09. The molecule has 7 heteroatoms. The summed E-state index contributed by atoms with van der Waals surface area (Å²) in [6.07, 6.45) is -3.44. The molecule has 1 rings (SSSR count). The molecule has 1 aromatic rings. The molecule has 1 unspecified atom stereocenters. The van der Waals surface area contributed by atoms with Crippen molar-refractivity contribution in [3.05, 3.63) is 29.6 Å². The maximum absolute atomic E-state index is 12.3. The third kappa shape index (κ3) is 4.51. The maximum atomic E-state index is 12.3. The largest absolute Gasteiger partial charge is 0.417 e. The number of nitrogens with zero attached hydrogens (tertiary/aromatic N) is 1. The highest BCUT2D eigenvalue weighted by atomic mass is 19.4. The van der Waals surface area contributed by atoms with Crippen LogP contribution >= 0.6 is 0 Å². The molecule has 4 nitrogen and oxygen atoms in total. The van der Waals surface area contributed by atoms with E-state index in [-0.39, 0.29) is 12.2 Å². The highest BCUT2D eigenvalue weighted by Gasteiger charge is 2.31. The van der Waals surface area contributed by atoms with Crippen LogP contribution in [0.25, 0.3) is 0 Å². The normalized spacial score (nSPS) is 14.8. The second kappa shape index (κ2) is 5.56. The first-order valence-electron chi connectivity index (χ1n) is 5.69. The van der Waals surface area contributed by atoms with Gasteiger partial charge in [0, 0.05) is 12.7 Å². The summed E-state index contributed by atoms with van der Waals surface area (Å²) < 4.78 is 36.9. The standard InChI is InChI=1S/C12H15F3N2O2/c1-3-11(2,19)7-17-10(18)9-5-4-8(6-16-9)12(13,14)15/h4-6,19H,3,7H2,1-2H3,(H,17,18). The average molecular weight is 276 g/mol. The summed E-state index contributed by atoms with van der Waals surface area (Å²) in [5, 5.41) is 12.1. The van der Waals surface area contributed by atoms with Crippen LogP contribution in [-0.4, -0.2) is 28.1 Å². The Morgan fingerprint density at radius 2 is 2.05 bits per heavy atom. The maximum Gasteiger partial charge on any atom is 0.417 e. The molecule has 1 amide bonds. The number of aliphatic hydroxyl groups is 1. The summed E-state index contributed by atoms with van der Waals surface area (Å²) in [5.74, 6) is -0.623. The molecular formula is C12H15F3N2O2. The molecule has 106 valence electrons. The molecule has 0 fully saturated rings. The lowest BCUT2D eigenvalue weighted by molar-refractivity contribution is -0.137. The fourth-order valence-corrected chi connectivity index (χ4v) is 1.18. The number of hydrogen-bond donors (Lipinski definition) is 2. The van der Waals surface area contributed by atoms with Crippen LogP contribution in [0.5, 0.6) is 0 Å². The quantitative estimate of drug-likeness (QED) is 0.884. The Morgan fingerprint density at radius 1 is 1.42 bits per heavy atom. The number of pyridine rings is 1. The van der Waals surface area contributed by atoms with Gasteiger partial charge < -0.3 is 10.4 Å². The average Bonchev–Trinajstić information content (AvgIpc) is 2.35. The minimum atomic E-state index is -4.48. The van der Waals surface area contributed by atoms with Gasteiger partial charge >= 0.3 is 6.18 Å². The first-order valence-corrected chi connectivity index (χ1v) is 5.69. The second-order valence-electron chi connectivity index (χ2n) is 4.46. The van der Waals surface area contributed by atoms with Crippen molar-refractivity contribution in [3.8, 4) is 0 Å². The van der Waals surface area contributed by atoms with Gasteiger partial charge in [-0.15, -0.1) is 0 Å². The van der Waals surface area contributed by atoms with Crippen LogP contribution in [0.3, 0.4) is 0 Å². The van der Waals surface area contributed by atoms with Crippen molar-refractivity contribution in [1.82, 2.24) is 10.3 Å². The van der Waals surface area contributed by atoms with Gasteiger partial charge in [-0.3, -0.25) is 9.78 Å². The Morgan fingerprint density at radius 3 is 2.47 bits per heavy atom. The molecular weight excluding hydrogens is 261 g/mol. The van der Waals surface area contributed by atoms with E-state index in [2.05, 4.69) is 10.3 Å². The molecule has 0 radical (unpaired) electrons. The minimum Gasteiger partial charge on any atom is -0.388 e. The van der Waals surface area contributed by atoms with Crippen LogP contribution < -0.4 is 5.32 Å². The third-order valence-electron chi connectivity index (χ3n) is 2.71. The molecule has 0 saturated heterocycles. The van der Waals surface area contributed by atoms with Gasteiger partial charge in [0.1, 0.15) is 5.69 Å². The van der Waals surface area contributed by atoms with Crippen molar-refractivity contribution in [3.63, 3.8) is 0 Å². The molecule has 2 N–H and O–H groups in total. The smallest absolute Gasteiger partial charge is 0.388 e. The summed E-state index contributed by atoms with van der Waals surface area (Å²) in [7, 11) is 0. The summed E-state index contributed by atoms with van der Waals surface area (Å²) in [6, 6.07) is 1.79. The van der Waals surface area contributed by atoms with E-state index in [0.717, 1.165) is 12.1 Å². The first-order chi connectivity index (χ1) is 8.65. The van der Waals surface area contributed by atoms with Crippen molar-refractivity contribution in [1.29, 1.82) is 0 Å². The molecule has 0 aromatic carbocycles. The van der Waals surface area contributed by atoms with Crippen LogP contribution in [-0.2, 0) is 6.18 Å². The van der Waals surface area contributed by atoms with Gasteiger partial charge in [0.25, 0.3) is 5.91 Å². The van der Waals surface area contributed by atoms with Crippen LogP contribution in [0.2, 0.25) is 0 Å². The van der Waals surface area contributed by atoms with E-state index in [4.69, 9.17) is 0 Å². The predicted molar refractivity (Wildman–Crippen MR) is 62.5 cm³/mol. The van der Waals surface area contributed by atoms with E-state index >= 15 is 0 Å². The summed E-state index contributed by atoms with van der Waals surface area (Å²) >= 11 is 0. The topological polar surface area (TPSA) is 62.2 Å². The lowest BCUT2D eigenvalue weighted by Gasteiger charge is -2.21. The molecule has 0 aliphatic heterocycles. The van der Waals surface area contributed by atoms with Gasteiger partial charge in [-0.25, -0.2) is 0 Å². The van der Waals surface area contributed by atoms with E-state index in [1.165, 1.54) is 0 Å². The van der Waals surface area contributed by atoms with Gasteiger partial charge in [-0.05, 0) is 25.5 Å². The molecule has 1 heterocycles. The zero-order valence-corrected chi connectivity index (χ0v) is 10.6. The van der Waals surface area contributed by atoms with E-state index < -0.39 is 23.2 Å². The monoisotopic (exact) mass is 276 g/mol. The lowest BCUT2D eigenvalue weighted by atomic mass is 10.0. The molecule has 0 aliphatic carbocycles. The van der Waals surface area contributed by atoms with Crippen molar-refractivity contribution in [2.24, 2.45) is 0 Å². The summed E-state index contributed by atoms with van der Waals surface area (Å²) in [6.45, 7) is 3.31. The van der Waals surface area contributed by atoms with Crippen LogP contribution in [0.15, 0.2) is 18.3 Å².